The summed E-state index contributed by atoms with van der Waals surface area (Å²) in [5, 5.41) is 10.8. The Morgan fingerprint density at radius 2 is 1.71 bits per heavy atom. The molecule has 0 bridgehead atoms. The van der Waals surface area contributed by atoms with Gasteiger partial charge in [-0.2, -0.15) is 5.26 Å². The minimum Gasteiger partial charge on any atom is -0.448 e. The van der Waals surface area contributed by atoms with Crippen molar-refractivity contribution < 1.29 is 23.9 Å². The molecule has 2 aliphatic heterocycles. The van der Waals surface area contributed by atoms with Crippen molar-refractivity contribution in [2.45, 2.75) is 36.3 Å². The van der Waals surface area contributed by atoms with Crippen LogP contribution in [0.2, 0.25) is 0 Å². The molecular weight excluding hydrogens is 454 g/mol. The van der Waals surface area contributed by atoms with Crippen LogP contribution < -0.4 is 5.32 Å². The SMILES string of the molecule is CO[C@H]1S[C@H]2[C@@H](NC(=O)CC#N)C(=O)N2C(C(=O)OC(c2ccccc2)c2ccccc2)=C1C. The molecule has 3 atom stereocenters. The van der Waals surface area contributed by atoms with Crippen molar-refractivity contribution in [1.82, 2.24) is 10.2 Å². The summed E-state index contributed by atoms with van der Waals surface area (Å²) in [6.07, 6.45) is -1.03. The highest BCUT2D eigenvalue weighted by atomic mass is 32.2. The lowest BCUT2D eigenvalue weighted by atomic mass is 10.0. The molecule has 34 heavy (non-hydrogen) atoms. The van der Waals surface area contributed by atoms with E-state index in [1.54, 1.807) is 13.0 Å². The average molecular weight is 478 g/mol. The third-order valence-corrected chi connectivity index (χ3v) is 7.22. The Kier molecular flexibility index (Phi) is 7.01. The monoisotopic (exact) mass is 477 g/mol. The second-order valence-electron chi connectivity index (χ2n) is 7.82. The molecule has 2 heterocycles. The predicted molar refractivity (Wildman–Crippen MR) is 125 cm³/mol. The number of nitrogens with zero attached hydrogens (tertiary/aromatic N) is 2. The number of thioether (sulfide) groups is 1. The van der Waals surface area contributed by atoms with Gasteiger partial charge in [0.05, 0.1) is 6.07 Å². The Bertz CT molecular complexity index is 1120. The summed E-state index contributed by atoms with van der Waals surface area (Å²) < 4.78 is 11.5. The fourth-order valence-electron chi connectivity index (χ4n) is 4.04. The number of fused-ring (bicyclic) bond motifs is 1. The fraction of sp³-hybridized carbons (Fsp3) is 0.280. The number of amides is 2. The van der Waals surface area contributed by atoms with Crippen LogP contribution in [0.4, 0.5) is 0 Å². The van der Waals surface area contributed by atoms with Gasteiger partial charge in [-0.15, -0.1) is 0 Å². The summed E-state index contributed by atoms with van der Waals surface area (Å²) in [6, 6.07) is 19.6. The molecule has 8 nitrogen and oxygen atoms in total. The molecule has 0 aromatic heterocycles. The Balaban J connectivity index is 1.63. The predicted octanol–water partition coefficient (Wildman–Crippen LogP) is 2.88. The fourth-order valence-corrected chi connectivity index (χ4v) is 5.39. The lowest BCUT2D eigenvalue weighted by Gasteiger charge is -2.51. The normalized spacial score (nSPS) is 21.4. The quantitative estimate of drug-likeness (QED) is 0.482. The Morgan fingerprint density at radius 3 is 2.24 bits per heavy atom. The summed E-state index contributed by atoms with van der Waals surface area (Å²) in [7, 11) is 1.51. The van der Waals surface area contributed by atoms with Crippen LogP contribution in [0.25, 0.3) is 0 Å². The van der Waals surface area contributed by atoms with Gasteiger partial charge >= 0.3 is 5.97 Å². The zero-order valence-electron chi connectivity index (χ0n) is 18.6. The second kappa shape index (κ2) is 10.1. The average Bonchev–Trinajstić information content (AvgIpc) is 2.86. The number of hydrogen-bond acceptors (Lipinski definition) is 7. The van der Waals surface area contributed by atoms with Gasteiger partial charge < -0.3 is 14.8 Å². The summed E-state index contributed by atoms with van der Waals surface area (Å²) >= 11 is 1.31. The molecule has 174 valence electrons. The van der Waals surface area contributed by atoms with Gasteiger partial charge in [0, 0.05) is 7.11 Å². The van der Waals surface area contributed by atoms with Gasteiger partial charge in [0.1, 0.15) is 29.0 Å². The van der Waals surface area contributed by atoms with Crippen LogP contribution in [-0.2, 0) is 23.9 Å². The number of carbonyl (C=O) groups excluding carboxylic acids is 3. The first kappa shape index (κ1) is 23.5. The Labute approximate surface area is 201 Å². The van der Waals surface area contributed by atoms with E-state index in [0.717, 1.165) is 11.1 Å². The number of rotatable bonds is 7. The van der Waals surface area contributed by atoms with Crippen LogP contribution >= 0.6 is 11.8 Å². The largest absolute Gasteiger partial charge is 0.448 e. The third kappa shape index (κ3) is 4.42. The first-order valence-electron chi connectivity index (χ1n) is 10.7. The van der Waals surface area contributed by atoms with Crippen LogP contribution in [0.1, 0.15) is 30.6 Å². The lowest BCUT2D eigenvalue weighted by molar-refractivity contribution is -0.155. The van der Waals surface area contributed by atoms with Crippen molar-refractivity contribution in [3.05, 3.63) is 83.1 Å². The smallest absolute Gasteiger partial charge is 0.356 e. The zero-order chi connectivity index (χ0) is 24.2. The maximum Gasteiger partial charge on any atom is 0.356 e. The number of nitrogens with one attached hydrogen (secondary N) is 1. The number of ether oxygens (including phenoxy) is 2. The van der Waals surface area contributed by atoms with E-state index in [-0.39, 0.29) is 12.1 Å². The molecule has 1 N–H and O–H groups in total. The van der Waals surface area contributed by atoms with E-state index in [1.807, 2.05) is 60.7 Å². The van der Waals surface area contributed by atoms with E-state index >= 15 is 0 Å². The molecule has 1 saturated heterocycles. The van der Waals surface area contributed by atoms with Crippen molar-refractivity contribution >= 4 is 29.5 Å². The van der Waals surface area contributed by atoms with Crippen molar-refractivity contribution in [2.75, 3.05) is 7.11 Å². The molecule has 2 amide bonds. The van der Waals surface area contributed by atoms with Gasteiger partial charge in [0.25, 0.3) is 5.91 Å². The van der Waals surface area contributed by atoms with Crippen LogP contribution in [0.5, 0.6) is 0 Å². The van der Waals surface area contributed by atoms with E-state index < -0.39 is 40.7 Å². The summed E-state index contributed by atoms with van der Waals surface area (Å²) in [6.45, 7) is 1.73. The molecule has 9 heteroatoms. The first-order valence-corrected chi connectivity index (χ1v) is 11.6. The van der Waals surface area contributed by atoms with E-state index in [9.17, 15) is 14.4 Å². The highest BCUT2D eigenvalue weighted by Gasteiger charge is 2.56. The van der Waals surface area contributed by atoms with Crippen molar-refractivity contribution in [3.63, 3.8) is 0 Å². The molecule has 4 rings (SSSR count). The molecule has 1 fully saturated rings. The van der Waals surface area contributed by atoms with Crippen molar-refractivity contribution in [3.8, 4) is 6.07 Å². The van der Waals surface area contributed by atoms with Gasteiger partial charge in [-0.3, -0.25) is 14.5 Å². The number of benzene rings is 2. The highest BCUT2D eigenvalue weighted by molar-refractivity contribution is 8.00. The van der Waals surface area contributed by atoms with Gasteiger partial charge in [0.15, 0.2) is 6.10 Å². The van der Waals surface area contributed by atoms with Gasteiger partial charge in [-0.05, 0) is 23.6 Å². The van der Waals surface area contributed by atoms with E-state index in [1.165, 1.54) is 23.8 Å². The number of esters is 1. The molecule has 0 radical (unpaired) electrons. The van der Waals surface area contributed by atoms with E-state index in [2.05, 4.69) is 5.32 Å². The maximum atomic E-state index is 13.5. The maximum absolute atomic E-state index is 13.5. The standard InChI is InChI=1S/C25H23N3O5S/c1-15-20(28-22(30)19(27-18(29)13-14-26)23(28)34-25(15)32-2)24(31)33-21(16-9-5-3-6-10-16)17-11-7-4-8-12-17/h3-12,19,21,23,25H,13H2,1-2H3,(H,27,29)/t19-,23-,25-/m0/s1. The summed E-state index contributed by atoms with van der Waals surface area (Å²) in [5.41, 5.74) is 1.76. The topological polar surface area (TPSA) is 109 Å². The number of β-lactam (4-membered cyclic amide) rings is 1. The van der Waals surface area contributed by atoms with Gasteiger partial charge in [-0.25, -0.2) is 4.79 Å². The number of nitriles is 1. The van der Waals surface area contributed by atoms with Gasteiger partial charge in [0.2, 0.25) is 5.91 Å². The van der Waals surface area contributed by atoms with Crippen molar-refractivity contribution in [1.29, 1.82) is 5.26 Å². The molecule has 2 aliphatic rings. The molecule has 2 aromatic carbocycles. The number of hydrogen-bond donors (Lipinski definition) is 1. The van der Waals surface area contributed by atoms with Crippen molar-refractivity contribution in [2.24, 2.45) is 0 Å². The lowest BCUT2D eigenvalue weighted by Crippen LogP contribution is -2.71. The number of carbonyl (C=O) groups is 3. The van der Waals surface area contributed by atoms with Gasteiger partial charge in [-0.1, -0.05) is 72.4 Å². The summed E-state index contributed by atoms with van der Waals surface area (Å²) in [5.74, 6) is -1.63. The first-order chi connectivity index (χ1) is 16.5. The Morgan fingerprint density at radius 1 is 1.12 bits per heavy atom. The molecule has 0 aliphatic carbocycles. The molecule has 0 unspecified atom stereocenters. The minimum absolute atomic E-state index is 0.114. The van der Waals surface area contributed by atoms with E-state index in [0.29, 0.717) is 5.57 Å². The third-order valence-electron chi connectivity index (χ3n) is 5.67. The summed E-state index contributed by atoms with van der Waals surface area (Å²) in [4.78, 5) is 39.7. The van der Waals surface area contributed by atoms with Crippen LogP contribution in [0.3, 0.4) is 0 Å². The Hall–Kier alpha value is -3.61. The second-order valence-corrected chi connectivity index (χ2v) is 9.00. The van der Waals surface area contributed by atoms with Crippen LogP contribution in [-0.4, -0.2) is 46.6 Å². The highest BCUT2D eigenvalue weighted by Crippen LogP contribution is 2.45. The molecule has 2 aromatic rings. The molecule has 0 spiro atoms. The molecule has 0 saturated carbocycles. The van der Waals surface area contributed by atoms with E-state index in [4.69, 9.17) is 14.7 Å². The minimum atomic E-state index is -0.849. The van der Waals surface area contributed by atoms with Crippen LogP contribution in [0, 0.1) is 11.3 Å². The van der Waals surface area contributed by atoms with Crippen LogP contribution in [0.15, 0.2) is 71.9 Å². The zero-order valence-corrected chi connectivity index (χ0v) is 19.5. The number of methoxy groups -OCH3 is 1. The molecular formula is C25H23N3O5S.